The molecule has 0 bridgehead atoms. The van der Waals surface area contributed by atoms with Gasteiger partial charge in [-0.05, 0) is 6.07 Å². The summed E-state index contributed by atoms with van der Waals surface area (Å²) in [5.74, 6) is 0. The quantitative estimate of drug-likeness (QED) is 0.710. The van der Waals surface area contributed by atoms with Crippen LogP contribution in [0.15, 0.2) is 35.3 Å². The van der Waals surface area contributed by atoms with E-state index in [2.05, 4.69) is 10.2 Å². The molecule has 64 valence electrons. The molecule has 12 heavy (non-hydrogen) atoms. The summed E-state index contributed by atoms with van der Waals surface area (Å²) in [7, 11) is 0. The number of aromatic nitrogens is 2. The van der Waals surface area contributed by atoms with Crippen molar-refractivity contribution in [2.24, 2.45) is 0 Å². The zero-order valence-corrected chi connectivity index (χ0v) is 7.53. The molecule has 0 atom stereocenters. The van der Waals surface area contributed by atoms with Crippen LogP contribution in [0.2, 0.25) is 0 Å². The number of hydrogen-bond donors (Lipinski definition) is 1. The zero-order valence-electron chi connectivity index (χ0n) is 6.04. The second kappa shape index (κ2) is 3.67. The van der Waals surface area contributed by atoms with E-state index in [0.29, 0.717) is 5.39 Å². The van der Waals surface area contributed by atoms with E-state index in [1.807, 2.05) is 18.2 Å². The van der Waals surface area contributed by atoms with Gasteiger partial charge in [-0.15, -0.1) is 0 Å². The Kier molecular flexibility index (Phi) is 2.81. The molecule has 4 heteroatoms. The second-order valence-electron chi connectivity index (χ2n) is 2.29. The normalized spacial score (nSPS) is 9.33. The Morgan fingerprint density at radius 3 is 2.75 bits per heavy atom. The molecule has 3 nitrogen and oxygen atoms in total. The number of benzene rings is 1. The van der Waals surface area contributed by atoms with Gasteiger partial charge in [0.05, 0.1) is 6.20 Å². The zero-order chi connectivity index (χ0) is 7.68. The van der Waals surface area contributed by atoms with Crippen molar-refractivity contribution in [2.45, 2.75) is 0 Å². The van der Waals surface area contributed by atoms with Gasteiger partial charge < -0.3 is 0 Å². The second-order valence-corrected chi connectivity index (χ2v) is 2.29. The van der Waals surface area contributed by atoms with Crippen LogP contribution < -0.4 is 5.56 Å². The van der Waals surface area contributed by atoms with E-state index in [9.17, 15) is 4.79 Å². The minimum atomic E-state index is -0.136. The van der Waals surface area contributed by atoms with E-state index in [-0.39, 0.29) is 27.9 Å². The Morgan fingerprint density at radius 2 is 2.00 bits per heavy atom. The van der Waals surface area contributed by atoms with Crippen LogP contribution in [-0.2, 0) is 22.4 Å². The van der Waals surface area contributed by atoms with Crippen molar-refractivity contribution < 1.29 is 22.4 Å². The van der Waals surface area contributed by atoms with Crippen molar-refractivity contribution in [3.63, 3.8) is 0 Å². The van der Waals surface area contributed by atoms with Crippen molar-refractivity contribution in [3.8, 4) is 0 Å². The van der Waals surface area contributed by atoms with Gasteiger partial charge in [-0.3, -0.25) is 4.79 Å². The van der Waals surface area contributed by atoms with Gasteiger partial charge in [0, 0.05) is 10.8 Å². The van der Waals surface area contributed by atoms with E-state index >= 15 is 0 Å². The minimum Gasteiger partial charge on any atom is -0.267 e. The maximum atomic E-state index is 11.1. The molecule has 0 aliphatic carbocycles. The largest absolute Gasteiger partial charge is 1.00 e. The van der Waals surface area contributed by atoms with Crippen molar-refractivity contribution in [1.29, 1.82) is 0 Å². The first-order chi connectivity index (χ1) is 5.38. The average Bonchev–Trinajstić information content (AvgIpc) is 2.06. The van der Waals surface area contributed by atoms with Crippen molar-refractivity contribution in [1.82, 2.24) is 10.2 Å². The predicted octanol–water partition coefficient (Wildman–Crippen LogP) is 0.921. The first-order valence-electron chi connectivity index (χ1n) is 3.30. The molecule has 0 spiro atoms. The first-order valence-corrected chi connectivity index (χ1v) is 3.30. The van der Waals surface area contributed by atoms with Crippen LogP contribution in [0, 0.1) is 0 Å². The van der Waals surface area contributed by atoms with Gasteiger partial charge in [-0.1, -0.05) is 18.2 Å². The number of nitrogens with one attached hydrogen (secondary N) is 1. The van der Waals surface area contributed by atoms with Gasteiger partial charge in [0.25, 0.3) is 5.56 Å². The van der Waals surface area contributed by atoms with Crippen LogP contribution in [0.5, 0.6) is 0 Å². The summed E-state index contributed by atoms with van der Waals surface area (Å²) in [6, 6.07) is 7.34. The number of nitrogens with zero attached hydrogens (tertiary/aromatic N) is 1. The standard InChI is InChI=1S/C8H6N2O.Ag/c11-8-7-4-2-1-3-6(7)5-9-10-8;/h1-5H,(H,10,11);/q;+1. The molecule has 1 N–H and O–H groups in total. The molecule has 0 unspecified atom stereocenters. The van der Waals surface area contributed by atoms with E-state index in [1.165, 1.54) is 0 Å². The van der Waals surface area contributed by atoms with Crippen LogP contribution in [0.4, 0.5) is 0 Å². The summed E-state index contributed by atoms with van der Waals surface area (Å²) < 4.78 is 0. The number of aromatic amines is 1. The monoisotopic (exact) mass is 253 g/mol. The van der Waals surface area contributed by atoms with Crippen LogP contribution in [-0.4, -0.2) is 10.2 Å². The fourth-order valence-electron chi connectivity index (χ4n) is 1.04. The van der Waals surface area contributed by atoms with Crippen LogP contribution in [0.3, 0.4) is 0 Å². The summed E-state index contributed by atoms with van der Waals surface area (Å²) >= 11 is 0. The Balaban J connectivity index is 0.000000720. The fraction of sp³-hybridized carbons (Fsp3) is 0. The first kappa shape index (κ1) is 9.19. The molecule has 0 saturated carbocycles. The molecule has 1 heterocycles. The van der Waals surface area contributed by atoms with Gasteiger partial charge in [0.2, 0.25) is 0 Å². The van der Waals surface area contributed by atoms with Crippen LogP contribution in [0.25, 0.3) is 10.8 Å². The number of rotatable bonds is 0. The Morgan fingerprint density at radius 1 is 1.25 bits per heavy atom. The van der Waals surface area contributed by atoms with E-state index in [4.69, 9.17) is 0 Å². The Hall–Kier alpha value is -0.900. The van der Waals surface area contributed by atoms with Gasteiger partial charge in [-0.2, -0.15) is 5.10 Å². The fourth-order valence-corrected chi connectivity index (χ4v) is 1.04. The molecular weight excluding hydrogens is 248 g/mol. The van der Waals surface area contributed by atoms with Crippen LogP contribution >= 0.6 is 0 Å². The Labute approximate surface area is 84.3 Å². The molecule has 0 aliphatic heterocycles. The average molecular weight is 254 g/mol. The summed E-state index contributed by atoms with van der Waals surface area (Å²) in [4.78, 5) is 11.1. The molecule has 0 fully saturated rings. The number of hydrogen-bond acceptors (Lipinski definition) is 2. The minimum absolute atomic E-state index is 0. The maximum Gasteiger partial charge on any atom is 1.00 e. The SMILES string of the molecule is O=c1[nH]ncc2ccccc12.[Ag+]. The predicted molar refractivity (Wildman–Crippen MR) is 42.4 cm³/mol. The molecule has 1 aromatic heterocycles. The maximum absolute atomic E-state index is 11.1. The topological polar surface area (TPSA) is 45.8 Å². The van der Waals surface area contributed by atoms with Gasteiger partial charge in [-0.25, -0.2) is 5.10 Å². The van der Waals surface area contributed by atoms with Gasteiger partial charge in [0.15, 0.2) is 0 Å². The molecule has 2 rings (SSSR count). The number of fused-ring (bicyclic) bond motifs is 1. The van der Waals surface area contributed by atoms with Crippen molar-refractivity contribution >= 4 is 10.8 Å². The van der Waals surface area contributed by atoms with Crippen molar-refractivity contribution in [2.75, 3.05) is 0 Å². The van der Waals surface area contributed by atoms with E-state index in [0.717, 1.165) is 5.39 Å². The molecule has 0 aliphatic rings. The van der Waals surface area contributed by atoms with Gasteiger partial charge >= 0.3 is 22.4 Å². The van der Waals surface area contributed by atoms with Crippen molar-refractivity contribution in [3.05, 3.63) is 40.8 Å². The number of H-pyrrole nitrogens is 1. The van der Waals surface area contributed by atoms with Crippen LogP contribution in [0.1, 0.15) is 0 Å². The summed E-state index contributed by atoms with van der Waals surface area (Å²) in [5.41, 5.74) is -0.136. The third-order valence-corrected chi connectivity index (χ3v) is 1.58. The summed E-state index contributed by atoms with van der Waals surface area (Å²) in [5, 5.41) is 7.60. The molecule has 0 amide bonds. The molecule has 1 aromatic carbocycles. The smallest absolute Gasteiger partial charge is 0.267 e. The molecular formula is C8H6AgN2O+. The molecule has 0 saturated heterocycles. The summed E-state index contributed by atoms with van der Waals surface area (Å²) in [6.07, 6.45) is 1.64. The Bertz CT molecular complexity index is 433. The molecule has 0 radical (unpaired) electrons. The van der Waals surface area contributed by atoms with E-state index in [1.54, 1.807) is 12.3 Å². The molecule has 2 aromatic rings. The third-order valence-electron chi connectivity index (χ3n) is 1.58. The third kappa shape index (κ3) is 1.48. The van der Waals surface area contributed by atoms with Gasteiger partial charge in [0.1, 0.15) is 0 Å². The summed E-state index contributed by atoms with van der Waals surface area (Å²) in [6.45, 7) is 0. The van der Waals surface area contributed by atoms with E-state index < -0.39 is 0 Å².